The molecule has 2 aromatic carbocycles. The summed E-state index contributed by atoms with van der Waals surface area (Å²) in [6.07, 6.45) is 0.629. The highest BCUT2D eigenvalue weighted by Gasteiger charge is 2.26. The summed E-state index contributed by atoms with van der Waals surface area (Å²) in [4.78, 5) is 28.7. The summed E-state index contributed by atoms with van der Waals surface area (Å²) in [6, 6.07) is 11.3. The Balaban J connectivity index is 1.72. The largest absolute Gasteiger partial charge is 0.337 e. The number of hydrogen-bond donors (Lipinski definition) is 0. The van der Waals surface area contributed by atoms with Gasteiger partial charge in [-0.1, -0.05) is 23.7 Å². The van der Waals surface area contributed by atoms with Crippen LogP contribution in [0.2, 0.25) is 5.02 Å². The minimum absolute atomic E-state index is 0.0297. The highest BCUT2D eigenvalue weighted by molar-refractivity contribution is 9.10. The molecule has 4 nitrogen and oxygen atoms in total. The topological polar surface area (TPSA) is 40.6 Å². The van der Waals surface area contributed by atoms with Gasteiger partial charge in [0, 0.05) is 41.2 Å². The standard InChI is InChI=1S/C19H17BrClFN2O2/c20-15-6-2-7-16(22)17(15)19(26)24-9-3-8-23(10-11-24)18(25)13-4-1-5-14(21)12-13/h1-2,4-7,12H,3,8-11H2. The molecule has 7 heteroatoms. The van der Waals surface area contributed by atoms with Gasteiger partial charge in [-0.3, -0.25) is 9.59 Å². The van der Waals surface area contributed by atoms with E-state index in [1.807, 2.05) is 0 Å². The van der Waals surface area contributed by atoms with E-state index in [1.54, 1.807) is 46.2 Å². The molecule has 1 aliphatic heterocycles. The van der Waals surface area contributed by atoms with Crippen LogP contribution in [0.3, 0.4) is 0 Å². The van der Waals surface area contributed by atoms with Gasteiger partial charge in [-0.25, -0.2) is 4.39 Å². The minimum Gasteiger partial charge on any atom is -0.337 e. The van der Waals surface area contributed by atoms with Crippen LogP contribution in [-0.4, -0.2) is 47.8 Å². The molecule has 0 N–H and O–H groups in total. The number of carbonyl (C=O) groups excluding carboxylic acids is 2. The highest BCUT2D eigenvalue weighted by atomic mass is 79.9. The van der Waals surface area contributed by atoms with Crippen molar-refractivity contribution in [2.75, 3.05) is 26.2 Å². The second-order valence-electron chi connectivity index (χ2n) is 6.04. The molecule has 0 unspecified atom stereocenters. The van der Waals surface area contributed by atoms with Crippen molar-refractivity contribution in [1.29, 1.82) is 0 Å². The average Bonchev–Trinajstić information content (AvgIpc) is 2.87. The Morgan fingerprint density at radius 3 is 2.27 bits per heavy atom. The molecule has 26 heavy (non-hydrogen) atoms. The third-order valence-corrected chi connectivity index (χ3v) is 5.21. The quantitative estimate of drug-likeness (QED) is 0.703. The molecule has 0 radical (unpaired) electrons. The van der Waals surface area contributed by atoms with Crippen LogP contribution in [0, 0.1) is 5.82 Å². The minimum atomic E-state index is -0.555. The maximum Gasteiger partial charge on any atom is 0.258 e. The Bertz CT molecular complexity index is 826. The first kappa shape index (κ1) is 18.9. The van der Waals surface area contributed by atoms with Gasteiger partial charge in [0.2, 0.25) is 0 Å². The average molecular weight is 440 g/mol. The summed E-state index contributed by atoms with van der Waals surface area (Å²) < 4.78 is 14.5. The molecule has 1 heterocycles. The van der Waals surface area contributed by atoms with Crippen molar-refractivity contribution in [2.45, 2.75) is 6.42 Å². The predicted molar refractivity (Wildman–Crippen MR) is 102 cm³/mol. The zero-order chi connectivity index (χ0) is 18.7. The molecule has 0 atom stereocenters. The summed E-state index contributed by atoms with van der Waals surface area (Å²) >= 11 is 9.20. The van der Waals surface area contributed by atoms with E-state index >= 15 is 0 Å². The number of rotatable bonds is 2. The molecule has 2 aromatic rings. The van der Waals surface area contributed by atoms with Gasteiger partial charge in [0.15, 0.2) is 0 Å². The summed E-state index contributed by atoms with van der Waals surface area (Å²) in [5, 5.41) is 0.506. The van der Waals surface area contributed by atoms with Crippen molar-refractivity contribution in [3.05, 3.63) is 68.9 Å². The number of benzene rings is 2. The monoisotopic (exact) mass is 438 g/mol. The third-order valence-electron chi connectivity index (χ3n) is 4.32. The van der Waals surface area contributed by atoms with E-state index in [1.165, 1.54) is 6.07 Å². The van der Waals surface area contributed by atoms with Gasteiger partial charge in [-0.05, 0) is 52.7 Å². The zero-order valence-corrected chi connectivity index (χ0v) is 16.3. The molecule has 2 amide bonds. The lowest BCUT2D eigenvalue weighted by atomic mass is 10.2. The number of hydrogen-bond acceptors (Lipinski definition) is 2. The normalized spacial score (nSPS) is 14.9. The molecule has 3 rings (SSSR count). The lowest BCUT2D eigenvalue weighted by molar-refractivity contribution is 0.0715. The summed E-state index contributed by atoms with van der Waals surface area (Å²) in [7, 11) is 0. The maximum absolute atomic E-state index is 14.1. The van der Waals surface area contributed by atoms with Gasteiger partial charge in [0.1, 0.15) is 5.82 Å². The summed E-state index contributed by atoms with van der Waals surface area (Å²) in [5.74, 6) is -1.04. The van der Waals surface area contributed by atoms with Gasteiger partial charge < -0.3 is 9.80 Å². The maximum atomic E-state index is 14.1. The van der Waals surface area contributed by atoms with Gasteiger partial charge in [0.25, 0.3) is 11.8 Å². The van der Waals surface area contributed by atoms with Crippen LogP contribution in [0.15, 0.2) is 46.9 Å². The van der Waals surface area contributed by atoms with Gasteiger partial charge in [-0.15, -0.1) is 0 Å². The second-order valence-corrected chi connectivity index (χ2v) is 7.34. The Hall–Kier alpha value is -1.92. The van der Waals surface area contributed by atoms with Crippen LogP contribution in [0.1, 0.15) is 27.1 Å². The van der Waals surface area contributed by atoms with E-state index in [2.05, 4.69) is 15.9 Å². The first-order valence-corrected chi connectivity index (χ1v) is 9.42. The second kappa shape index (κ2) is 8.18. The van der Waals surface area contributed by atoms with E-state index in [9.17, 15) is 14.0 Å². The Morgan fingerprint density at radius 2 is 1.62 bits per heavy atom. The van der Waals surface area contributed by atoms with Crippen molar-refractivity contribution in [3.8, 4) is 0 Å². The van der Waals surface area contributed by atoms with E-state index in [-0.39, 0.29) is 17.4 Å². The number of nitrogens with zero attached hydrogens (tertiary/aromatic N) is 2. The first-order chi connectivity index (χ1) is 12.5. The Morgan fingerprint density at radius 1 is 0.962 bits per heavy atom. The van der Waals surface area contributed by atoms with Crippen molar-refractivity contribution < 1.29 is 14.0 Å². The number of amides is 2. The van der Waals surface area contributed by atoms with Crippen LogP contribution < -0.4 is 0 Å². The smallest absolute Gasteiger partial charge is 0.258 e. The molecule has 136 valence electrons. The molecule has 0 aromatic heterocycles. The molecule has 0 saturated carbocycles. The van der Waals surface area contributed by atoms with E-state index in [0.29, 0.717) is 47.7 Å². The van der Waals surface area contributed by atoms with E-state index in [4.69, 9.17) is 11.6 Å². The van der Waals surface area contributed by atoms with Crippen molar-refractivity contribution in [3.63, 3.8) is 0 Å². The number of carbonyl (C=O) groups is 2. The fraction of sp³-hybridized carbons (Fsp3) is 0.263. The Labute approximate surface area is 164 Å². The molecule has 0 spiro atoms. The fourth-order valence-corrected chi connectivity index (χ4v) is 3.69. The molecular formula is C19H17BrClFN2O2. The van der Waals surface area contributed by atoms with E-state index < -0.39 is 5.82 Å². The fourth-order valence-electron chi connectivity index (χ4n) is 2.99. The Kier molecular flexibility index (Phi) is 5.94. The molecule has 1 saturated heterocycles. The predicted octanol–water partition coefficient (Wildman–Crippen LogP) is 4.23. The van der Waals surface area contributed by atoms with Gasteiger partial charge in [-0.2, -0.15) is 0 Å². The van der Waals surface area contributed by atoms with E-state index in [0.717, 1.165) is 0 Å². The molecule has 1 fully saturated rings. The first-order valence-electron chi connectivity index (χ1n) is 8.25. The lowest BCUT2D eigenvalue weighted by Gasteiger charge is -2.23. The van der Waals surface area contributed by atoms with Gasteiger partial charge in [0.05, 0.1) is 5.56 Å². The molecule has 0 aliphatic carbocycles. The lowest BCUT2D eigenvalue weighted by Crippen LogP contribution is -2.37. The van der Waals surface area contributed by atoms with Crippen LogP contribution in [0.4, 0.5) is 4.39 Å². The van der Waals surface area contributed by atoms with Crippen molar-refractivity contribution in [2.24, 2.45) is 0 Å². The number of halogens is 3. The molecule has 0 bridgehead atoms. The van der Waals surface area contributed by atoms with Crippen molar-refractivity contribution in [1.82, 2.24) is 9.80 Å². The van der Waals surface area contributed by atoms with Crippen LogP contribution in [0.25, 0.3) is 0 Å². The molecule has 1 aliphatic rings. The summed E-state index contributed by atoms with van der Waals surface area (Å²) in [6.45, 7) is 1.75. The molecular weight excluding hydrogens is 423 g/mol. The SMILES string of the molecule is O=C(c1cccc(Cl)c1)N1CCCN(C(=O)c2c(F)cccc2Br)CC1. The zero-order valence-electron chi connectivity index (χ0n) is 13.9. The van der Waals surface area contributed by atoms with Crippen LogP contribution >= 0.6 is 27.5 Å². The highest BCUT2D eigenvalue weighted by Crippen LogP contribution is 2.22. The third kappa shape index (κ3) is 4.07. The summed E-state index contributed by atoms with van der Waals surface area (Å²) in [5.41, 5.74) is 0.552. The van der Waals surface area contributed by atoms with Gasteiger partial charge >= 0.3 is 0 Å². The van der Waals surface area contributed by atoms with Crippen LogP contribution in [-0.2, 0) is 0 Å². The van der Waals surface area contributed by atoms with Crippen molar-refractivity contribution >= 4 is 39.3 Å². The van der Waals surface area contributed by atoms with Crippen LogP contribution in [0.5, 0.6) is 0 Å².